The van der Waals surface area contributed by atoms with Crippen LogP contribution in [0, 0.1) is 6.92 Å². The van der Waals surface area contributed by atoms with Gasteiger partial charge < -0.3 is 0 Å². The van der Waals surface area contributed by atoms with Crippen molar-refractivity contribution in [1.29, 1.82) is 0 Å². The second-order valence-corrected chi connectivity index (χ2v) is 8.67. The first-order valence-corrected chi connectivity index (χ1v) is 12.0. The fourth-order valence-corrected chi connectivity index (χ4v) is 4.51. The zero-order valence-electron chi connectivity index (χ0n) is 20.2. The van der Waals surface area contributed by atoms with E-state index in [0.29, 0.717) is 18.1 Å². The molecule has 5 rings (SSSR count). The molecule has 36 heavy (non-hydrogen) atoms. The monoisotopic (exact) mass is 478 g/mol. The smallest absolute Gasteiger partial charge is 0.296 e. The lowest BCUT2D eigenvalue weighted by Crippen LogP contribution is -2.28. The van der Waals surface area contributed by atoms with Gasteiger partial charge in [-0.3, -0.25) is 18.9 Å². The van der Waals surface area contributed by atoms with Crippen LogP contribution in [0.15, 0.2) is 93.0 Å². The van der Waals surface area contributed by atoms with Crippen LogP contribution >= 0.6 is 0 Å². The van der Waals surface area contributed by atoms with E-state index in [9.17, 15) is 9.59 Å². The van der Waals surface area contributed by atoms with E-state index < -0.39 is 5.76 Å². The maximum Gasteiger partial charge on any atom is 0.439 e. The Morgan fingerprint density at radius 1 is 0.889 bits per heavy atom. The third kappa shape index (κ3) is 4.55. The summed E-state index contributed by atoms with van der Waals surface area (Å²) in [5.41, 5.74) is 6.05. The molecule has 0 bridgehead atoms. The molecule has 2 heterocycles. The van der Waals surface area contributed by atoms with Crippen molar-refractivity contribution >= 4 is 0 Å². The summed E-state index contributed by atoms with van der Waals surface area (Å²) in [4.78, 5) is 32.6. The fourth-order valence-electron chi connectivity index (χ4n) is 4.51. The maximum absolute atomic E-state index is 13.7. The topological polar surface area (TPSA) is 93.8 Å². The van der Waals surface area contributed by atoms with Crippen LogP contribution in [0.5, 0.6) is 0 Å². The number of para-hydroxylation sites is 1. The number of benzene rings is 3. The molecule has 0 spiro atoms. The number of aryl methyl sites for hydroxylation is 2. The lowest BCUT2D eigenvalue weighted by Gasteiger charge is -2.15. The van der Waals surface area contributed by atoms with E-state index in [1.165, 1.54) is 0 Å². The molecule has 0 aliphatic carbocycles. The molecule has 0 unspecified atom stereocenters. The van der Waals surface area contributed by atoms with E-state index in [1.54, 1.807) is 4.57 Å². The van der Waals surface area contributed by atoms with Gasteiger partial charge in [0.15, 0.2) is 5.82 Å². The van der Waals surface area contributed by atoms with Gasteiger partial charge in [-0.2, -0.15) is 0 Å². The van der Waals surface area contributed by atoms with Gasteiger partial charge in [-0.25, -0.2) is 9.78 Å². The Hall–Kier alpha value is -4.52. The third-order valence-electron chi connectivity index (χ3n) is 6.20. The SMILES string of the molecule is CCCc1nc(C)n(-c2ccccc2)c(=O)c1Cc1ccc(-c2ccccc2-c2noc(=O)[nH]2)cc1. The Morgan fingerprint density at radius 3 is 2.25 bits per heavy atom. The Labute approximate surface area is 208 Å². The lowest BCUT2D eigenvalue weighted by atomic mass is 9.96. The van der Waals surface area contributed by atoms with Crippen molar-refractivity contribution in [2.24, 2.45) is 0 Å². The molecular weight excluding hydrogens is 452 g/mol. The van der Waals surface area contributed by atoms with Crippen LogP contribution in [0.4, 0.5) is 0 Å². The maximum atomic E-state index is 13.7. The first kappa shape index (κ1) is 23.2. The molecule has 3 aromatic carbocycles. The minimum absolute atomic E-state index is 0.0263. The van der Waals surface area contributed by atoms with Gasteiger partial charge in [0, 0.05) is 17.5 Å². The number of hydrogen-bond donors (Lipinski definition) is 1. The molecule has 0 atom stereocenters. The highest BCUT2D eigenvalue weighted by molar-refractivity contribution is 5.80. The normalized spacial score (nSPS) is 11.1. The summed E-state index contributed by atoms with van der Waals surface area (Å²) in [6.07, 6.45) is 2.16. The van der Waals surface area contributed by atoms with Crippen LogP contribution in [0.2, 0.25) is 0 Å². The van der Waals surface area contributed by atoms with Crippen LogP contribution in [0.25, 0.3) is 28.2 Å². The Bertz CT molecular complexity index is 1610. The van der Waals surface area contributed by atoms with Gasteiger partial charge in [-0.15, -0.1) is 0 Å². The summed E-state index contributed by atoms with van der Waals surface area (Å²) in [7, 11) is 0. The van der Waals surface area contributed by atoms with E-state index in [4.69, 9.17) is 4.98 Å². The average molecular weight is 479 g/mol. The van der Waals surface area contributed by atoms with Crippen LogP contribution in [0.1, 0.15) is 36.0 Å². The van der Waals surface area contributed by atoms with Crippen molar-refractivity contribution < 1.29 is 4.52 Å². The highest BCUT2D eigenvalue weighted by Gasteiger charge is 2.17. The summed E-state index contributed by atoms with van der Waals surface area (Å²) >= 11 is 0. The Kier molecular flexibility index (Phi) is 6.45. The standard InChI is InChI=1S/C29H26N4O3/c1-3-9-26-25(28(34)33(19(2)30-26)22-10-5-4-6-11-22)18-20-14-16-21(17-15-20)23-12-7-8-13-24(23)27-31-29(35)36-32-27/h4-8,10-17H,3,9,18H2,1-2H3,(H,31,32,35). The number of H-pyrrole nitrogens is 1. The number of aromatic nitrogens is 4. The summed E-state index contributed by atoms with van der Waals surface area (Å²) in [5, 5.41) is 3.84. The highest BCUT2D eigenvalue weighted by atomic mass is 16.5. The molecule has 0 amide bonds. The van der Waals surface area contributed by atoms with Crippen molar-refractivity contribution in [1.82, 2.24) is 19.7 Å². The van der Waals surface area contributed by atoms with E-state index in [0.717, 1.165) is 52.0 Å². The molecule has 180 valence electrons. The van der Waals surface area contributed by atoms with Gasteiger partial charge in [0.25, 0.3) is 5.56 Å². The summed E-state index contributed by atoms with van der Waals surface area (Å²) in [6.45, 7) is 3.98. The zero-order valence-corrected chi connectivity index (χ0v) is 20.2. The Balaban J connectivity index is 1.52. The number of hydrogen-bond acceptors (Lipinski definition) is 5. The average Bonchev–Trinajstić information content (AvgIpc) is 3.33. The molecule has 0 aliphatic heterocycles. The number of rotatable bonds is 7. The number of nitrogens with zero attached hydrogens (tertiary/aromatic N) is 3. The van der Waals surface area contributed by atoms with E-state index in [2.05, 4.69) is 21.6 Å². The van der Waals surface area contributed by atoms with Crippen LogP contribution < -0.4 is 11.3 Å². The van der Waals surface area contributed by atoms with Gasteiger partial charge in [0.1, 0.15) is 5.82 Å². The molecule has 0 fully saturated rings. The molecule has 7 nitrogen and oxygen atoms in total. The van der Waals surface area contributed by atoms with Crippen LogP contribution in [-0.4, -0.2) is 19.7 Å². The number of nitrogens with one attached hydrogen (secondary N) is 1. The van der Waals surface area contributed by atoms with Gasteiger partial charge in [-0.1, -0.05) is 85.2 Å². The van der Waals surface area contributed by atoms with Crippen molar-refractivity contribution in [3.8, 4) is 28.2 Å². The fraction of sp³-hybridized carbons (Fsp3) is 0.172. The second-order valence-electron chi connectivity index (χ2n) is 8.67. The predicted octanol–water partition coefficient (Wildman–Crippen LogP) is 5.09. The molecule has 2 aromatic heterocycles. The van der Waals surface area contributed by atoms with Gasteiger partial charge >= 0.3 is 5.76 Å². The van der Waals surface area contributed by atoms with Crippen LogP contribution in [-0.2, 0) is 12.8 Å². The first-order valence-electron chi connectivity index (χ1n) is 12.0. The summed E-state index contributed by atoms with van der Waals surface area (Å²) in [6, 6.07) is 25.4. The predicted molar refractivity (Wildman–Crippen MR) is 139 cm³/mol. The molecule has 5 aromatic rings. The number of aromatic amines is 1. The molecule has 0 saturated heterocycles. The molecule has 7 heteroatoms. The summed E-state index contributed by atoms with van der Waals surface area (Å²) < 4.78 is 6.38. The quantitative estimate of drug-likeness (QED) is 0.351. The molecule has 0 saturated carbocycles. The lowest BCUT2D eigenvalue weighted by molar-refractivity contribution is 0.388. The van der Waals surface area contributed by atoms with Gasteiger partial charge in [0.2, 0.25) is 0 Å². The largest absolute Gasteiger partial charge is 0.439 e. The Morgan fingerprint density at radius 2 is 1.58 bits per heavy atom. The first-order chi connectivity index (χ1) is 17.5. The van der Waals surface area contributed by atoms with Gasteiger partial charge in [0.05, 0.1) is 11.4 Å². The molecular formula is C29H26N4O3. The zero-order chi connectivity index (χ0) is 25.1. The van der Waals surface area contributed by atoms with E-state index in [1.807, 2.05) is 85.8 Å². The highest BCUT2D eigenvalue weighted by Crippen LogP contribution is 2.30. The van der Waals surface area contributed by atoms with Gasteiger partial charge in [-0.05, 0) is 42.2 Å². The minimum atomic E-state index is -0.592. The van der Waals surface area contributed by atoms with E-state index >= 15 is 0 Å². The minimum Gasteiger partial charge on any atom is -0.296 e. The van der Waals surface area contributed by atoms with Crippen molar-refractivity contribution in [2.75, 3.05) is 0 Å². The van der Waals surface area contributed by atoms with Crippen molar-refractivity contribution in [2.45, 2.75) is 33.1 Å². The van der Waals surface area contributed by atoms with Crippen molar-refractivity contribution in [3.63, 3.8) is 0 Å². The van der Waals surface area contributed by atoms with Crippen LogP contribution in [0.3, 0.4) is 0 Å². The molecule has 0 aliphatic rings. The molecule has 1 N–H and O–H groups in total. The van der Waals surface area contributed by atoms with Crippen molar-refractivity contribution in [3.05, 3.63) is 122 Å². The van der Waals surface area contributed by atoms with E-state index in [-0.39, 0.29) is 5.56 Å². The second kappa shape index (κ2) is 10.00. The third-order valence-corrected chi connectivity index (χ3v) is 6.20. The molecule has 0 radical (unpaired) electrons. The summed E-state index contributed by atoms with van der Waals surface area (Å²) in [5.74, 6) is 0.484.